The fourth-order valence-electron chi connectivity index (χ4n) is 2.16. The maximum atomic E-state index is 12.5. The van der Waals surface area contributed by atoms with Gasteiger partial charge >= 0.3 is 0 Å². The number of nitrogens with one attached hydrogen (secondary N) is 1. The van der Waals surface area contributed by atoms with Crippen molar-refractivity contribution in [3.63, 3.8) is 0 Å². The van der Waals surface area contributed by atoms with Gasteiger partial charge in [0, 0.05) is 12.7 Å². The lowest BCUT2D eigenvalue weighted by Gasteiger charge is -2.16. The van der Waals surface area contributed by atoms with Crippen LogP contribution in [0.25, 0.3) is 0 Å². The Morgan fingerprint density at radius 3 is 2.42 bits per heavy atom. The van der Waals surface area contributed by atoms with Crippen LogP contribution in [0.3, 0.4) is 0 Å². The number of sulfonamides is 1. The van der Waals surface area contributed by atoms with Crippen LogP contribution in [0.1, 0.15) is 11.5 Å². The van der Waals surface area contributed by atoms with Crippen LogP contribution in [0, 0.1) is 13.8 Å². The standard InChI is InChI=1S/C15H19N3O5S/c1-10-15(11(2)23-17-10)24(20,21)18(3)9-14(19)16-12-5-7-13(22-4)8-6-12/h5-8H,9H2,1-4H3,(H,16,19). The van der Waals surface area contributed by atoms with Crippen molar-refractivity contribution in [2.75, 3.05) is 26.0 Å². The second kappa shape index (κ2) is 7.02. The normalized spacial score (nSPS) is 11.5. The Morgan fingerprint density at radius 2 is 1.92 bits per heavy atom. The number of rotatable bonds is 6. The summed E-state index contributed by atoms with van der Waals surface area (Å²) in [7, 11) is -0.987. The number of likely N-dealkylation sites (N-methyl/N-ethyl adjacent to an activating group) is 1. The molecule has 9 heteroatoms. The van der Waals surface area contributed by atoms with Crippen molar-refractivity contribution < 1.29 is 22.5 Å². The van der Waals surface area contributed by atoms with E-state index in [1.165, 1.54) is 20.9 Å². The fraction of sp³-hybridized carbons (Fsp3) is 0.333. The average molecular weight is 353 g/mol. The molecule has 2 rings (SSSR count). The number of ether oxygens (including phenoxy) is 1. The van der Waals surface area contributed by atoms with E-state index in [2.05, 4.69) is 10.5 Å². The van der Waals surface area contributed by atoms with Crippen LogP contribution in [-0.4, -0.2) is 44.5 Å². The third-order valence-electron chi connectivity index (χ3n) is 3.38. The van der Waals surface area contributed by atoms with Gasteiger partial charge in [0.1, 0.15) is 16.3 Å². The molecule has 1 aromatic heterocycles. The van der Waals surface area contributed by atoms with Gasteiger partial charge in [-0.2, -0.15) is 4.31 Å². The van der Waals surface area contributed by atoms with Crippen molar-refractivity contribution in [1.29, 1.82) is 0 Å². The van der Waals surface area contributed by atoms with Gasteiger partial charge in [-0.05, 0) is 38.1 Å². The molecule has 8 nitrogen and oxygen atoms in total. The van der Waals surface area contributed by atoms with Crippen molar-refractivity contribution in [1.82, 2.24) is 9.46 Å². The molecule has 1 heterocycles. The van der Waals surface area contributed by atoms with E-state index >= 15 is 0 Å². The van der Waals surface area contributed by atoms with Gasteiger partial charge < -0.3 is 14.6 Å². The van der Waals surface area contributed by atoms with E-state index in [0.717, 1.165) is 4.31 Å². The summed E-state index contributed by atoms with van der Waals surface area (Å²) in [6.45, 7) is 2.71. The summed E-state index contributed by atoms with van der Waals surface area (Å²) in [6.07, 6.45) is 0. The van der Waals surface area contributed by atoms with Crippen LogP contribution in [0.5, 0.6) is 5.75 Å². The molecule has 1 amide bonds. The molecule has 1 N–H and O–H groups in total. The molecule has 0 aliphatic rings. The van der Waals surface area contributed by atoms with Crippen LogP contribution in [0.4, 0.5) is 5.69 Å². The van der Waals surface area contributed by atoms with Gasteiger partial charge in [-0.25, -0.2) is 8.42 Å². The lowest BCUT2D eigenvalue weighted by molar-refractivity contribution is -0.116. The molecule has 0 fully saturated rings. The van der Waals surface area contributed by atoms with E-state index in [0.29, 0.717) is 11.4 Å². The molecule has 0 saturated carbocycles. The summed E-state index contributed by atoms with van der Waals surface area (Å²) in [6, 6.07) is 6.72. The quantitative estimate of drug-likeness (QED) is 0.845. The third kappa shape index (κ3) is 3.74. The number of hydrogen-bond donors (Lipinski definition) is 1. The molecule has 0 aliphatic carbocycles. The van der Waals surface area contributed by atoms with Crippen LogP contribution in [0.15, 0.2) is 33.7 Å². The van der Waals surface area contributed by atoms with Gasteiger partial charge in [0.05, 0.1) is 13.7 Å². The van der Waals surface area contributed by atoms with Gasteiger partial charge in [-0.1, -0.05) is 5.16 Å². The average Bonchev–Trinajstić information content (AvgIpc) is 2.87. The van der Waals surface area contributed by atoms with Gasteiger partial charge in [-0.3, -0.25) is 4.79 Å². The molecule has 130 valence electrons. The number of anilines is 1. The molecular weight excluding hydrogens is 334 g/mol. The number of aryl methyl sites for hydroxylation is 2. The number of methoxy groups -OCH3 is 1. The Morgan fingerprint density at radius 1 is 1.29 bits per heavy atom. The van der Waals surface area contributed by atoms with Crippen molar-refractivity contribution in [3.05, 3.63) is 35.7 Å². The first kappa shape index (κ1) is 18.0. The minimum atomic E-state index is -3.86. The van der Waals surface area contributed by atoms with Crippen LogP contribution in [0.2, 0.25) is 0 Å². The van der Waals surface area contributed by atoms with Crippen LogP contribution in [-0.2, 0) is 14.8 Å². The zero-order valence-electron chi connectivity index (χ0n) is 13.9. The number of carbonyl (C=O) groups excluding carboxylic acids is 1. The van der Waals surface area contributed by atoms with E-state index in [1.54, 1.807) is 31.4 Å². The number of carbonyl (C=O) groups is 1. The zero-order chi connectivity index (χ0) is 17.9. The Bertz CT molecular complexity index is 808. The lowest BCUT2D eigenvalue weighted by atomic mass is 10.3. The highest BCUT2D eigenvalue weighted by Gasteiger charge is 2.29. The maximum Gasteiger partial charge on any atom is 0.248 e. The summed E-state index contributed by atoms with van der Waals surface area (Å²) in [5, 5.41) is 6.27. The lowest BCUT2D eigenvalue weighted by Crippen LogP contribution is -2.35. The molecular formula is C15H19N3O5S. The third-order valence-corrected chi connectivity index (χ3v) is 5.42. The fourth-order valence-corrected chi connectivity index (χ4v) is 3.57. The number of hydrogen-bond acceptors (Lipinski definition) is 6. The molecule has 0 bridgehead atoms. The van der Waals surface area contributed by atoms with Gasteiger partial charge in [0.2, 0.25) is 15.9 Å². The predicted molar refractivity (Wildman–Crippen MR) is 87.4 cm³/mol. The van der Waals surface area contributed by atoms with Crippen LogP contribution < -0.4 is 10.1 Å². The molecule has 0 radical (unpaired) electrons. The Kier molecular flexibility index (Phi) is 5.25. The summed E-state index contributed by atoms with van der Waals surface area (Å²) in [4.78, 5) is 12.1. The summed E-state index contributed by atoms with van der Waals surface area (Å²) in [5.41, 5.74) is 0.804. The minimum Gasteiger partial charge on any atom is -0.497 e. The molecule has 1 aromatic carbocycles. The molecule has 0 unspecified atom stereocenters. The number of benzene rings is 1. The summed E-state index contributed by atoms with van der Waals surface area (Å²) < 4.78 is 35.9. The van der Waals surface area contributed by atoms with E-state index in [-0.39, 0.29) is 22.9 Å². The molecule has 0 saturated heterocycles. The molecule has 0 aliphatic heterocycles. The smallest absolute Gasteiger partial charge is 0.248 e. The topological polar surface area (TPSA) is 102 Å². The predicted octanol–water partition coefficient (Wildman–Crippen LogP) is 1.56. The van der Waals surface area contributed by atoms with Crippen molar-refractivity contribution in [3.8, 4) is 5.75 Å². The minimum absolute atomic E-state index is 0.0118. The van der Waals surface area contributed by atoms with E-state index < -0.39 is 15.9 Å². The van der Waals surface area contributed by atoms with Crippen molar-refractivity contribution in [2.24, 2.45) is 0 Å². The summed E-state index contributed by atoms with van der Waals surface area (Å²) >= 11 is 0. The van der Waals surface area contributed by atoms with E-state index in [1.807, 2.05) is 0 Å². The molecule has 0 spiro atoms. The van der Waals surface area contributed by atoms with Crippen molar-refractivity contribution in [2.45, 2.75) is 18.7 Å². The molecule has 24 heavy (non-hydrogen) atoms. The molecule has 2 aromatic rings. The second-order valence-corrected chi connectivity index (χ2v) is 7.17. The highest BCUT2D eigenvalue weighted by molar-refractivity contribution is 7.89. The first-order valence-corrected chi connectivity index (χ1v) is 8.53. The Hall–Kier alpha value is -2.39. The van der Waals surface area contributed by atoms with Gasteiger partial charge in [0.15, 0.2) is 5.76 Å². The van der Waals surface area contributed by atoms with Crippen molar-refractivity contribution >= 4 is 21.6 Å². The molecule has 0 atom stereocenters. The Labute approximate surface area is 140 Å². The number of nitrogens with zero attached hydrogens (tertiary/aromatic N) is 2. The Balaban J connectivity index is 2.07. The summed E-state index contributed by atoms with van der Waals surface area (Å²) in [5.74, 6) is 0.388. The van der Waals surface area contributed by atoms with E-state index in [4.69, 9.17) is 9.26 Å². The maximum absolute atomic E-state index is 12.5. The first-order chi connectivity index (χ1) is 11.3. The highest BCUT2D eigenvalue weighted by atomic mass is 32.2. The number of aromatic nitrogens is 1. The largest absolute Gasteiger partial charge is 0.497 e. The zero-order valence-corrected chi connectivity index (χ0v) is 14.7. The van der Waals surface area contributed by atoms with Gasteiger partial charge in [0.25, 0.3) is 0 Å². The van der Waals surface area contributed by atoms with Crippen LogP contribution >= 0.6 is 0 Å². The number of amides is 1. The van der Waals surface area contributed by atoms with E-state index in [9.17, 15) is 13.2 Å². The SMILES string of the molecule is COc1ccc(NC(=O)CN(C)S(=O)(=O)c2c(C)noc2C)cc1. The monoisotopic (exact) mass is 353 g/mol. The van der Waals surface area contributed by atoms with Gasteiger partial charge in [-0.15, -0.1) is 0 Å². The second-order valence-electron chi connectivity index (χ2n) is 5.19. The highest BCUT2D eigenvalue weighted by Crippen LogP contribution is 2.22. The first-order valence-electron chi connectivity index (χ1n) is 7.09.